The number of benzene rings is 1. The van der Waals surface area contributed by atoms with Gasteiger partial charge in [-0.2, -0.15) is 0 Å². The van der Waals surface area contributed by atoms with E-state index in [-0.39, 0.29) is 42.3 Å². The summed E-state index contributed by atoms with van der Waals surface area (Å²) in [6.07, 6.45) is 2.30. The molecule has 1 aliphatic heterocycles. The molecule has 3 heterocycles. The van der Waals surface area contributed by atoms with Crippen LogP contribution in [0.25, 0.3) is 22.3 Å². The maximum absolute atomic E-state index is 15.5. The monoisotopic (exact) mass is 527 g/mol. The van der Waals surface area contributed by atoms with Gasteiger partial charge < -0.3 is 24.7 Å². The summed E-state index contributed by atoms with van der Waals surface area (Å²) in [5, 5.41) is 2.76. The fourth-order valence-corrected chi connectivity index (χ4v) is 4.83. The minimum atomic E-state index is -1.43. The number of aryl methyl sites for hydroxylation is 2. The standard InChI is InChI=1S/C27H31F2N5O4/c1-14-4-7-19(38-11-16-5-6-16)22(23(14)29)25-26-24(30-13-31-25)21(15(2)32-26)27(36)33-18-8-9-34(10-17(18)28)20(35)12-37-3/h4,7,13,16-18,32H,5-6,8-12H2,1-3H3,(H,33,36)/t17-,18+/m0/s1. The molecule has 38 heavy (non-hydrogen) atoms. The Bertz CT molecular complexity index is 1370. The second-order valence-electron chi connectivity index (χ2n) is 10.1. The van der Waals surface area contributed by atoms with Crippen LogP contribution >= 0.6 is 0 Å². The van der Waals surface area contributed by atoms with Crippen molar-refractivity contribution in [2.45, 2.75) is 45.3 Å². The number of rotatable bonds is 8. The van der Waals surface area contributed by atoms with Crippen LogP contribution in [0.1, 0.15) is 40.9 Å². The largest absolute Gasteiger partial charge is 0.492 e. The van der Waals surface area contributed by atoms with Crippen molar-refractivity contribution in [1.82, 2.24) is 25.2 Å². The minimum absolute atomic E-state index is 0.116. The van der Waals surface area contributed by atoms with E-state index in [1.54, 1.807) is 26.0 Å². The maximum atomic E-state index is 15.5. The molecule has 1 saturated carbocycles. The van der Waals surface area contributed by atoms with E-state index in [2.05, 4.69) is 20.3 Å². The number of aromatic amines is 1. The van der Waals surface area contributed by atoms with Gasteiger partial charge in [-0.3, -0.25) is 9.59 Å². The number of nitrogens with one attached hydrogen (secondary N) is 2. The van der Waals surface area contributed by atoms with E-state index >= 15 is 4.39 Å². The molecule has 5 rings (SSSR count). The van der Waals surface area contributed by atoms with Gasteiger partial charge in [-0.25, -0.2) is 18.7 Å². The molecule has 2 atom stereocenters. The average Bonchev–Trinajstić information content (AvgIpc) is 3.65. The quantitative estimate of drug-likeness (QED) is 0.464. The lowest BCUT2D eigenvalue weighted by Gasteiger charge is -2.35. The van der Waals surface area contributed by atoms with Crippen LogP contribution in [0.4, 0.5) is 8.78 Å². The van der Waals surface area contributed by atoms with Crippen LogP contribution in [0.5, 0.6) is 5.75 Å². The summed E-state index contributed by atoms with van der Waals surface area (Å²) in [6, 6.07) is 2.63. The van der Waals surface area contributed by atoms with E-state index in [1.807, 2.05) is 0 Å². The van der Waals surface area contributed by atoms with Crippen molar-refractivity contribution in [1.29, 1.82) is 0 Å². The smallest absolute Gasteiger partial charge is 0.255 e. The van der Waals surface area contributed by atoms with Gasteiger partial charge in [0.15, 0.2) is 0 Å². The lowest BCUT2D eigenvalue weighted by Crippen LogP contribution is -2.54. The van der Waals surface area contributed by atoms with Gasteiger partial charge in [0.25, 0.3) is 5.91 Å². The zero-order valence-corrected chi connectivity index (χ0v) is 21.6. The van der Waals surface area contributed by atoms with Gasteiger partial charge in [0, 0.05) is 19.3 Å². The van der Waals surface area contributed by atoms with Crippen molar-refractivity contribution in [3.8, 4) is 17.0 Å². The average molecular weight is 528 g/mol. The zero-order chi connectivity index (χ0) is 27.0. The molecular weight excluding hydrogens is 496 g/mol. The van der Waals surface area contributed by atoms with E-state index in [0.29, 0.717) is 47.1 Å². The van der Waals surface area contributed by atoms with Crippen LogP contribution in [0.15, 0.2) is 18.5 Å². The van der Waals surface area contributed by atoms with Crippen molar-refractivity contribution in [2.75, 3.05) is 33.4 Å². The van der Waals surface area contributed by atoms with Crippen molar-refractivity contribution in [3.63, 3.8) is 0 Å². The van der Waals surface area contributed by atoms with Crippen molar-refractivity contribution in [2.24, 2.45) is 5.92 Å². The number of alkyl halides is 1. The zero-order valence-electron chi connectivity index (χ0n) is 21.6. The van der Waals surface area contributed by atoms with Crippen LogP contribution in [0.3, 0.4) is 0 Å². The number of piperidine rings is 1. The third-order valence-corrected chi connectivity index (χ3v) is 7.18. The number of carbonyl (C=O) groups excluding carboxylic acids is 2. The van der Waals surface area contributed by atoms with E-state index in [1.165, 1.54) is 18.3 Å². The Morgan fingerprint density at radius 3 is 2.71 bits per heavy atom. The van der Waals surface area contributed by atoms with E-state index in [4.69, 9.17) is 9.47 Å². The predicted molar refractivity (Wildman–Crippen MR) is 136 cm³/mol. The van der Waals surface area contributed by atoms with E-state index in [9.17, 15) is 14.0 Å². The fraction of sp³-hybridized carbons (Fsp3) is 0.481. The summed E-state index contributed by atoms with van der Waals surface area (Å²) in [5.74, 6) is -0.386. The summed E-state index contributed by atoms with van der Waals surface area (Å²) in [6.45, 7) is 3.95. The van der Waals surface area contributed by atoms with Gasteiger partial charge in [-0.05, 0) is 50.7 Å². The Hall–Kier alpha value is -3.60. The first kappa shape index (κ1) is 26.0. The highest BCUT2D eigenvalue weighted by atomic mass is 19.1. The first-order valence-corrected chi connectivity index (χ1v) is 12.8. The molecule has 2 N–H and O–H groups in total. The molecule has 0 bridgehead atoms. The number of methoxy groups -OCH3 is 1. The summed E-state index contributed by atoms with van der Waals surface area (Å²) in [4.78, 5) is 38.6. The topological polar surface area (TPSA) is 109 Å². The number of likely N-dealkylation sites (tertiary alicyclic amines) is 1. The summed E-state index contributed by atoms with van der Waals surface area (Å²) < 4.78 is 41.2. The molecule has 2 aliphatic rings. The third kappa shape index (κ3) is 5.07. The number of amides is 2. The number of fused-ring (bicyclic) bond motifs is 1. The minimum Gasteiger partial charge on any atom is -0.492 e. The molecular formula is C27H31F2N5O4. The lowest BCUT2D eigenvalue weighted by molar-refractivity contribution is -0.137. The molecule has 2 amide bonds. The number of aromatic nitrogens is 3. The third-order valence-electron chi connectivity index (χ3n) is 7.18. The van der Waals surface area contributed by atoms with Gasteiger partial charge in [-0.15, -0.1) is 0 Å². The first-order valence-electron chi connectivity index (χ1n) is 12.8. The Labute approximate surface area is 218 Å². The predicted octanol–water partition coefficient (Wildman–Crippen LogP) is 3.48. The van der Waals surface area contributed by atoms with Gasteiger partial charge in [0.05, 0.1) is 35.8 Å². The molecule has 0 unspecified atom stereocenters. The van der Waals surface area contributed by atoms with E-state index < -0.39 is 23.9 Å². The number of halogens is 2. The Kier molecular flexibility index (Phi) is 7.29. The highest BCUT2D eigenvalue weighted by molar-refractivity contribution is 6.09. The number of hydrogen-bond acceptors (Lipinski definition) is 6. The normalized spacial score (nSPS) is 19.6. The summed E-state index contributed by atoms with van der Waals surface area (Å²) in [7, 11) is 1.41. The lowest BCUT2D eigenvalue weighted by atomic mass is 10.0. The van der Waals surface area contributed by atoms with Gasteiger partial charge in [0.2, 0.25) is 5.91 Å². The first-order chi connectivity index (χ1) is 18.3. The molecule has 11 heteroatoms. The van der Waals surface area contributed by atoms with Crippen molar-refractivity contribution < 1.29 is 27.8 Å². The number of carbonyl (C=O) groups is 2. The van der Waals surface area contributed by atoms with Crippen molar-refractivity contribution in [3.05, 3.63) is 41.1 Å². The second kappa shape index (κ2) is 10.6. The number of ether oxygens (including phenoxy) is 2. The molecule has 2 aromatic heterocycles. The van der Waals surface area contributed by atoms with Gasteiger partial charge in [0.1, 0.15) is 41.9 Å². The molecule has 9 nitrogen and oxygen atoms in total. The Balaban J connectivity index is 1.43. The number of nitrogens with zero attached hydrogens (tertiary/aromatic N) is 3. The van der Waals surface area contributed by atoms with Crippen molar-refractivity contribution >= 4 is 22.8 Å². The van der Waals surface area contributed by atoms with Crippen LogP contribution in [-0.2, 0) is 9.53 Å². The summed E-state index contributed by atoms with van der Waals surface area (Å²) >= 11 is 0. The van der Waals surface area contributed by atoms with E-state index in [0.717, 1.165) is 12.8 Å². The molecule has 1 aliphatic carbocycles. The molecule has 0 radical (unpaired) electrons. The molecule has 0 spiro atoms. The highest BCUT2D eigenvalue weighted by Gasteiger charge is 2.34. The van der Waals surface area contributed by atoms with Crippen LogP contribution in [0.2, 0.25) is 0 Å². The molecule has 2 fully saturated rings. The second-order valence-corrected chi connectivity index (χ2v) is 10.1. The van der Waals surface area contributed by atoms with Crippen LogP contribution < -0.4 is 10.1 Å². The number of hydrogen-bond donors (Lipinski definition) is 2. The van der Waals surface area contributed by atoms with Gasteiger partial charge in [-0.1, -0.05) is 6.07 Å². The maximum Gasteiger partial charge on any atom is 0.255 e. The highest BCUT2D eigenvalue weighted by Crippen LogP contribution is 2.39. The molecule has 1 aromatic carbocycles. The summed E-state index contributed by atoms with van der Waals surface area (Å²) in [5.41, 5.74) is 2.38. The fourth-order valence-electron chi connectivity index (χ4n) is 4.83. The van der Waals surface area contributed by atoms with Gasteiger partial charge >= 0.3 is 0 Å². The van der Waals surface area contributed by atoms with Crippen LogP contribution in [-0.4, -0.2) is 77.3 Å². The Morgan fingerprint density at radius 1 is 1.21 bits per heavy atom. The Morgan fingerprint density at radius 2 is 2.00 bits per heavy atom. The van der Waals surface area contributed by atoms with Crippen LogP contribution in [0, 0.1) is 25.6 Å². The number of H-pyrrole nitrogens is 1. The molecule has 3 aromatic rings. The SMILES string of the molecule is COCC(=O)N1CC[C@@H](NC(=O)c2c(C)[nH]c3c(-c4c(OCC5CC5)ccc(C)c4F)ncnc23)[C@@H](F)C1. The molecule has 202 valence electrons. The molecule has 1 saturated heterocycles.